The summed E-state index contributed by atoms with van der Waals surface area (Å²) in [6.07, 6.45) is 3.44. The van der Waals surface area contributed by atoms with Crippen molar-refractivity contribution in [3.8, 4) is 0 Å². The highest BCUT2D eigenvalue weighted by atomic mass is 16.6. The van der Waals surface area contributed by atoms with Crippen LogP contribution in [0.4, 0.5) is 4.79 Å². The minimum Gasteiger partial charge on any atom is -0.444 e. The summed E-state index contributed by atoms with van der Waals surface area (Å²) < 4.78 is 5.33. The Kier molecular flexibility index (Phi) is 7.63. The number of ketones is 2. The van der Waals surface area contributed by atoms with Gasteiger partial charge < -0.3 is 9.64 Å². The Bertz CT molecular complexity index is 468. The number of likely N-dealkylation sites (tertiary alicyclic amines) is 1. The van der Waals surface area contributed by atoms with Crippen LogP contribution in [-0.4, -0.2) is 40.2 Å². The van der Waals surface area contributed by atoms with Crippen LogP contribution < -0.4 is 0 Å². The fourth-order valence-electron chi connectivity index (χ4n) is 3.76. The summed E-state index contributed by atoms with van der Waals surface area (Å²) in [5, 5.41) is 0. The van der Waals surface area contributed by atoms with Crippen LogP contribution in [0.25, 0.3) is 0 Å². The lowest BCUT2D eigenvalue weighted by atomic mass is 9.83. The molecule has 0 radical (unpaired) electrons. The first-order chi connectivity index (χ1) is 11.4. The molecule has 1 aliphatic heterocycles. The van der Waals surface area contributed by atoms with Crippen LogP contribution in [0.2, 0.25) is 0 Å². The SMILES string of the molecule is C[C@@H]1CC(=O)C[C@@H](C)C1.C[C@@H]1CC(=O)C[C@@H](C)N1C(=O)OC(C)(C)C. The molecule has 1 amide bonds. The zero-order chi connectivity index (χ0) is 19.4. The van der Waals surface area contributed by atoms with Gasteiger partial charge in [0.25, 0.3) is 0 Å². The molecule has 4 atom stereocenters. The predicted molar refractivity (Wildman–Crippen MR) is 98.4 cm³/mol. The molecule has 5 nitrogen and oxygen atoms in total. The monoisotopic (exact) mass is 353 g/mol. The molecule has 0 aromatic heterocycles. The van der Waals surface area contributed by atoms with Crippen LogP contribution in [0, 0.1) is 11.8 Å². The van der Waals surface area contributed by atoms with E-state index in [0.29, 0.717) is 30.5 Å². The molecular formula is C20H35NO4. The van der Waals surface area contributed by atoms with E-state index in [9.17, 15) is 14.4 Å². The molecule has 0 aromatic carbocycles. The molecule has 2 fully saturated rings. The average Bonchev–Trinajstić information content (AvgIpc) is 2.33. The van der Waals surface area contributed by atoms with Crippen LogP contribution in [0.1, 0.15) is 80.6 Å². The zero-order valence-corrected chi connectivity index (χ0v) is 16.9. The fraction of sp³-hybridized carbons (Fsp3) is 0.850. The maximum absolute atomic E-state index is 11.9. The van der Waals surface area contributed by atoms with Crippen molar-refractivity contribution in [1.82, 2.24) is 4.90 Å². The third kappa shape index (κ3) is 7.57. The molecule has 2 rings (SSSR count). The minimum absolute atomic E-state index is 0.0638. The lowest BCUT2D eigenvalue weighted by Gasteiger charge is -2.38. The number of ether oxygens (including phenoxy) is 1. The van der Waals surface area contributed by atoms with Crippen molar-refractivity contribution in [3.63, 3.8) is 0 Å². The number of Topliss-reactive ketones (excluding diaryl/α,β-unsaturated/α-hetero) is 2. The van der Waals surface area contributed by atoms with Crippen molar-refractivity contribution in [2.24, 2.45) is 11.8 Å². The molecule has 0 unspecified atom stereocenters. The number of carbonyl (C=O) groups excluding carboxylic acids is 3. The van der Waals surface area contributed by atoms with Gasteiger partial charge in [-0.3, -0.25) is 9.59 Å². The number of piperidine rings is 1. The Morgan fingerprint density at radius 1 is 0.880 bits per heavy atom. The van der Waals surface area contributed by atoms with Crippen molar-refractivity contribution in [1.29, 1.82) is 0 Å². The third-order valence-electron chi connectivity index (χ3n) is 4.56. The summed E-state index contributed by atoms with van der Waals surface area (Å²) in [7, 11) is 0. The highest BCUT2D eigenvalue weighted by Gasteiger charge is 2.35. The Labute approximate surface area is 152 Å². The highest BCUT2D eigenvalue weighted by Crippen LogP contribution is 2.25. The Morgan fingerprint density at radius 2 is 1.28 bits per heavy atom. The van der Waals surface area contributed by atoms with E-state index in [0.717, 1.165) is 12.8 Å². The van der Waals surface area contributed by atoms with E-state index in [2.05, 4.69) is 13.8 Å². The van der Waals surface area contributed by atoms with Gasteiger partial charge in [-0.05, 0) is 52.9 Å². The molecule has 144 valence electrons. The predicted octanol–water partition coefficient (Wildman–Crippen LogP) is 4.38. The van der Waals surface area contributed by atoms with Crippen LogP contribution in [-0.2, 0) is 14.3 Å². The molecule has 2 aliphatic rings. The van der Waals surface area contributed by atoms with Gasteiger partial charge in [-0.15, -0.1) is 0 Å². The highest BCUT2D eigenvalue weighted by molar-refractivity contribution is 5.83. The quantitative estimate of drug-likeness (QED) is 0.648. The van der Waals surface area contributed by atoms with E-state index >= 15 is 0 Å². The molecule has 1 aliphatic carbocycles. The molecular weight excluding hydrogens is 318 g/mol. The van der Waals surface area contributed by atoms with Gasteiger partial charge in [0.1, 0.15) is 17.2 Å². The van der Waals surface area contributed by atoms with Gasteiger partial charge >= 0.3 is 6.09 Å². The first-order valence-corrected chi connectivity index (χ1v) is 9.43. The van der Waals surface area contributed by atoms with Crippen LogP contribution in [0.5, 0.6) is 0 Å². The summed E-state index contributed by atoms with van der Waals surface area (Å²) in [6, 6.07) is -0.128. The second kappa shape index (κ2) is 8.81. The largest absolute Gasteiger partial charge is 0.444 e. The van der Waals surface area contributed by atoms with Gasteiger partial charge in [-0.25, -0.2) is 4.79 Å². The normalized spacial score (nSPS) is 30.4. The molecule has 0 N–H and O–H groups in total. The van der Waals surface area contributed by atoms with Crippen molar-refractivity contribution in [2.75, 3.05) is 0 Å². The molecule has 0 spiro atoms. The van der Waals surface area contributed by atoms with Crippen molar-refractivity contribution < 1.29 is 19.1 Å². The fourth-order valence-corrected chi connectivity index (χ4v) is 3.76. The van der Waals surface area contributed by atoms with Gasteiger partial charge in [-0.1, -0.05) is 13.8 Å². The van der Waals surface area contributed by atoms with Crippen molar-refractivity contribution in [2.45, 2.75) is 98.3 Å². The average molecular weight is 354 g/mol. The standard InChI is InChI=1S/C12H21NO3.C8H14O/c1-8-6-10(14)7-9(2)13(8)11(15)16-12(3,4)5;1-6-3-7(2)5-8(9)4-6/h8-9H,6-7H2,1-5H3;6-7H,3-5H2,1-2H3/t8-,9-;6-,7-/m10/s1. The molecule has 1 saturated heterocycles. The second-order valence-electron chi connectivity index (χ2n) is 8.93. The number of amides is 1. The Hall–Kier alpha value is -1.39. The smallest absolute Gasteiger partial charge is 0.410 e. The lowest BCUT2D eigenvalue weighted by Crippen LogP contribution is -2.51. The van der Waals surface area contributed by atoms with Crippen LogP contribution in [0.3, 0.4) is 0 Å². The summed E-state index contributed by atoms with van der Waals surface area (Å²) in [5.41, 5.74) is -0.488. The van der Waals surface area contributed by atoms with Crippen LogP contribution in [0.15, 0.2) is 0 Å². The van der Waals surface area contributed by atoms with Gasteiger partial charge in [-0.2, -0.15) is 0 Å². The molecule has 1 saturated carbocycles. The van der Waals surface area contributed by atoms with Crippen molar-refractivity contribution in [3.05, 3.63) is 0 Å². The number of nitrogens with zero attached hydrogens (tertiary/aromatic N) is 1. The van der Waals surface area contributed by atoms with E-state index in [-0.39, 0.29) is 24.0 Å². The van der Waals surface area contributed by atoms with Gasteiger partial charge in [0.05, 0.1) is 0 Å². The summed E-state index contributed by atoms with van der Waals surface area (Å²) in [6.45, 7) is 13.6. The van der Waals surface area contributed by atoms with E-state index < -0.39 is 5.60 Å². The minimum atomic E-state index is -0.488. The molecule has 1 heterocycles. The lowest BCUT2D eigenvalue weighted by molar-refractivity contribution is -0.124. The van der Waals surface area contributed by atoms with Gasteiger partial charge in [0.15, 0.2) is 0 Å². The van der Waals surface area contributed by atoms with E-state index in [4.69, 9.17) is 4.74 Å². The number of carbonyl (C=O) groups is 3. The second-order valence-corrected chi connectivity index (χ2v) is 8.93. The zero-order valence-electron chi connectivity index (χ0n) is 16.9. The van der Waals surface area contributed by atoms with Gasteiger partial charge in [0.2, 0.25) is 0 Å². The molecule has 25 heavy (non-hydrogen) atoms. The van der Waals surface area contributed by atoms with Crippen molar-refractivity contribution >= 4 is 17.7 Å². The first kappa shape index (κ1) is 21.7. The third-order valence-corrected chi connectivity index (χ3v) is 4.56. The van der Waals surface area contributed by atoms with E-state index in [1.165, 1.54) is 6.42 Å². The summed E-state index contributed by atoms with van der Waals surface area (Å²) in [4.78, 5) is 35.8. The Balaban J connectivity index is 0.000000293. The summed E-state index contributed by atoms with van der Waals surface area (Å²) >= 11 is 0. The first-order valence-electron chi connectivity index (χ1n) is 9.43. The van der Waals surface area contributed by atoms with E-state index in [1.807, 2.05) is 34.6 Å². The Morgan fingerprint density at radius 3 is 1.64 bits per heavy atom. The number of rotatable bonds is 0. The number of hydrogen-bond donors (Lipinski definition) is 0. The topological polar surface area (TPSA) is 63.7 Å². The van der Waals surface area contributed by atoms with Crippen LogP contribution >= 0.6 is 0 Å². The number of hydrogen-bond acceptors (Lipinski definition) is 4. The molecule has 5 heteroatoms. The molecule has 0 bridgehead atoms. The molecule has 0 aromatic rings. The van der Waals surface area contributed by atoms with Gasteiger partial charge in [0, 0.05) is 37.8 Å². The maximum Gasteiger partial charge on any atom is 0.410 e. The maximum atomic E-state index is 11.9. The summed E-state index contributed by atoms with van der Waals surface area (Å²) in [5.74, 6) is 1.96. The van der Waals surface area contributed by atoms with E-state index in [1.54, 1.807) is 4.90 Å².